The van der Waals surface area contributed by atoms with Crippen molar-refractivity contribution in [1.29, 1.82) is 5.26 Å². The fourth-order valence-corrected chi connectivity index (χ4v) is 1.44. The van der Waals surface area contributed by atoms with Crippen LogP contribution in [0.25, 0.3) is 6.08 Å². The van der Waals surface area contributed by atoms with Gasteiger partial charge in [0, 0.05) is 13.0 Å². The molecular formula is C14H11N3O5. The summed E-state index contributed by atoms with van der Waals surface area (Å²) in [5, 5.41) is 30.8. The van der Waals surface area contributed by atoms with Crippen molar-refractivity contribution in [2.24, 2.45) is 0 Å². The van der Waals surface area contributed by atoms with E-state index in [4.69, 9.17) is 5.26 Å². The third-order valence-corrected chi connectivity index (χ3v) is 2.40. The van der Waals surface area contributed by atoms with Crippen molar-refractivity contribution >= 4 is 23.6 Å². The molecule has 0 aliphatic carbocycles. The Morgan fingerprint density at radius 1 is 1.45 bits per heavy atom. The van der Waals surface area contributed by atoms with Crippen LogP contribution >= 0.6 is 0 Å². The third kappa shape index (κ3) is 4.57. The summed E-state index contributed by atoms with van der Waals surface area (Å²) >= 11 is 0. The van der Waals surface area contributed by atoms with Gasteiger partial charge in [-0.3, -0.25) is 25.0 Å². The molecule has 0 saturated carbocycles. The van der Waals surface area contributed by atoms with Crippen LogP contribution in [0, 0.1) is 21.4 Å². The molecule has 2 amide bonds. The maximum atomic E-state index is 11.4. The third-order valence-electron chi connectivity index (χ3n) is 2.40. The number of carbonyl (C=O) groups excluding carboxylic acids is 2. The number of nitrogens with one attached hydrogen (secondary N) is 1. The van der Waals surface area contributed by atoms with Gasteiger partial charge in [0.25, 0.3) is 5.91 Å². The number of allylic oxidation sites excluding steroid dienone is 2. The van der Waals surface area contributed by atoms with E-state index in [1.807, 2.05) is 5.32 Å². The molecule has 0 unspecified atom stereocenters. The van der Waals surface area contributed by atoms with Gasteiger partial charge in [-0.15, -0.1) is 0 Å². The fourth-order valence-electron chi connectivity index (χ4n) is 1.44. The molecule has 22 heavy (non-hydrogen) atoms. The maximum absolute atomic E-state index is 11.4. The molecule has 0 bridgehead atoms. The Hall–Kier alpha value is -3.47. The molecule has 0 saturated heterocycles. The van der Waals surface area contributed by atoms with Gasteiger partial charge >= 0.3 is 5.69 Å². The monoisotopic (exact) mass is 301 g/mol. The van der Waals surface area contributed by atoms with Crippen LogP contribution in [0.15, 0.2) is 35.9 Å². The zero-order chi connectivity index (χ0) is 16.7. The lowest BCUT2D eigenvalue weighted by atomic mass is 10.1. The van der Waals surface area contributed by atoms with Crippen molar-refractivity contribution < 1.29 is 19.6 Å². The smallest absolute Gasteiger partial charge is 0.310 e. The summed E-state index contributed by atoms with van der Waals surface area (Å²) in [6, 6.07) is 5.33. The molecule has 0 aliphatic rings. The molecule has 0 radical (unpaired) electrons. The van der Waals surface area contributed by atoms with E-state index < -0.39 is 28.2 Å². The lowest BCUT2D eigenvalue weighted by Crippen LogP contribution is -2.28. The number of nitro benzene ring substituents is 1. The first kappa shape index (κ1) is 16.6. The molecule has 8 nitrogen and oxygen atoms in total. The van der Waals surface area contributed by atoms with Crippen molar-refractivity contribution in [3.05, 3.63) is 51.6 Å². The normalized spacial score (nSPS) is 11.0. The Morgan fingerprint density at radius 3 is 2.64 bits per heavy atom. The Kier molecular flexibility index (Phi) is 5.54. The highest BCUT2D eigenvalue weighted by Gasteiger charge is 2.12. The van der Waals surface area contributed by atoms with E-state index in [1.165, 1.54) is 30.4 Å². The van der Waals surface area contributed by atoms with Gasteiger partial charge in [0.05, 0.1) is 4.92 Å². The summed E-state index contributed by atoms with van der Waals surface area (Å²) in [6.07, 6.45) is 3.96. The number of hydrogen-bond donors (Lipinski definition) is 2. The highest BCUT2D eigenvalue weighted by molar-refractivity contribution is 6.06. The quantitative estimate of drug-likeness (QED) is 0.284. The summed E-state index contributed by atoms with van der Waals surface area (Å²) in [5.74, 6) is -1.91. The zero-order valence-corrected chi connectivity index (χ0v) is 11.4. The first-order valence-corrected chi connectivity index (χ1v) is 5.93. The van der Waals surface area contributed by atoms with Crippen LogP contribution < -0.4 is 5.32 Å². The highest BCUT2D eigenvalue weighted by atomic mass is 16.6. The van der Waals surface area contributed by atoms with E-state index in [-0.39, 0.29) is 5.57 Å². The van der Waals surface area contributed by atoms with Crippen LogP contribution in [0.1, 0.15) is 12.5 Å². The number of rotatable bonds is 4. The second-order valence-electron chi connectivity index (χ2n) is 4.07. The number of carbonyl (C=O) groups is 2. The fraction of sp³-hybridized carbons (Fsp3) is 0.0714. The summed E-state index contributed by atoms with van der Waals surface area (Å²) in [5.41, 5.74) is -0.271. The first-order chi connectivity index (χ1) is 10.3. The van der Waals surface area contributed by atoms with Crippen LogP contribution in [0.3, 0.4) is 0 Å². The van der Waals surface area contributed by atoms with Gasteiger partial charge in [0.1, 0.15) is 11.6 Å². The SMILES string of the molecule is CC(=O)NC(=O)/C(C#N)=C/C=C/c1ccc([N+](=O)[O-])c(O)c1. The van der Waals surface area contributed by atoms with Gasteiger partial charge in [-0.2, -0.15) is 5.26 Å². The van der Waals surface area contributed by atoms with Gasteiger partial charge in [-0.05, 0) is 23.8 Å². The van der Waals surface area contributed by atoms with Crippen molar-refractivity contribution in [2.45, 2.75) is 6.92 Å². The zero-order valence-electron chi connectivity index (χ0n) is 11.4. The molecule has 0 fully saturated rings. The van der Waals surface area contributed by atoms with Crippen molar-refractivity contribution in [3.8, 4) is 11.8 Å². The van der Waals surface area contributed by atoms with Gasteiger partial charge in [-0.1, -0.05) is 12.2 Å². The largest absolute Gasteiger partial charge is 0.502 e. The average molecular weight is 301 g/mol. The highest BCUT2D eigenvalue weighted by Crippen LogP contribution is 2.26. The number of nitriles is 1. The van der Waals surface area contributed by atoms with E-state index in [1.54, 1.807) is 6.07 Å². The summed E-state index contributed by atoms with van der Waals surface area (Å²) < 4.78 is 0. The topological polar surface area (TPSA) is 133 Å². The molecule has 0 atom stereocenters. The molecule has 0 spiro atoms. The Balaban J connectivity index is 2.92. The first-order valence-electron chi connectivity index (χ1n) is 5.93. The van der Waals surface area contributed by atoms with Crippen LogP contribution in [-0.4, -0.2) is 21.8 Å². The minimum atomic E-state index is -0.828. The van der Waals surface area contributed by atoms with Crippen LogP contribution in [0.4, 0.5) is 5.69 Å². The number of nitro groups is 1. The average Bonchev–Trinajstić information content (AvgIpc) is 2.42. The molecular weight excluding hydrogens is 290 g/mol. The van der Waals surface area contributed by atoms with Crippen LogP contribution in [0.2, 0.25) is 0 Å². The predicted molar refractivity (Wildman–Crippen MR) is 76.3 cm³/mol. The number of aromatic hydroxyl groups is 1. The number of phenolic OH excluding ortho intramolecular Hbond substituents is 1. The standard InChI is InChI=1S/C14H11N3O5/c1-9(18)16-14(20)11(8-15)4-2-3-10-5-6-12(17(21)22)13(19)7-10/h2-7,19H,1H3,(H,16,18,20)/b3-2+,11-4+. The molecule has 0 heterocycles. The Morgan fingerprint density at radius 2 is 2.14 bits per heavy atom. The van der Waals surface area contributed by atoms with Crippen LogP contribution in [-0.2, 0) is 9.59 Å². The molecule has 2 N–H and O–H groups in total. The van der Waals surface area contributed by atoms with E-state index in [2.05, 4.69) is 0 Å². The number of nitrogens with zero attached hydrogens (tertiary/aromatic N) is 2. The van der Waals surface area contributed by atoms with Gasteiger partial charge in [-0.25, -0.2) is 0 Å². The minimum absolute atomic E-state index is 0.280. The Bertz CT molecular complexity index is 728. The molecule has 1 rings (SSSR count). The second-order valence-corrected chi connectivity index (χ2v) is 4.07. The van der Waals surface area contributed by atoms with E-state index >= 15 is 0 Å². The number of imide groups is 1. The molecule has 0 aliphatic heterocycles. The molecule has 112 valence electrons. The summed E-state index contributed by atoms with van der Waals surface area (Å²) in [6.45, 7) is 1.14. The van der Waals surface area contributed by atoms with E-state index in [0.717, 1.165) is 13.0 Å². The van der Waals surface area contributed by atoms with E-state index in [9.17, 15) is 24.8 Å². The maximum Gasteiger partial charge on any atom is 0.310 e. The molecule has 1 aromatic rings. The van der Waals surface area contributed by atoms with Gasteiger partial charge in [0.15, 0.2) is 5.75 Å². The van der Waals surface area contributed by atoms with Gasteiger partial charge < -0.3 is 5.11 Å². The van der Waals surface area contributed by atoms with Crippen molar-refractivity contribution in [2.75, 3.05) is 0 Å². The lowest BCUT2D eigenvalue weighted by molar-refractivity contribution is -0.385. The predicted octanol–water partition coefficient (Wildman–Crippen LogP) is 1.43. The van der Waals surface area contributed by atoms with Crippen molar-refractivity contribution in [3.63, 3.8) is 0 Å². The Labute approximate surface area is 125 Å². The lowest BCUT2D eigenvalue weighted by Gasteiger charge is -1.98. The summed E-state index contributed by atoms with van der Waals surface area (Å²) in [4.78, 5) is 32.0. The number of phenols is 1. The number of benzene rings is 1. The molecule has 1 aromatic carbocycles. The minimum Gasteiger partial charge on any atom is -0.502 e. The number of hydrogen-bond acceptors (Lipinski definition) is 6. The number of amides is 2. The van der Waals surface area contributed by atoms with Crippen LogP contribution in [0.5, 0.6) is 5.75 Å². The summed E-state index contributed by atoms with van der Waals surface area (Å²) in [7, 11) is 0. The van der Waals surface area contributed by atoms with Crippen molar-refractivity contribution in [1.82, 2.24) is 5.32 Å². The van der Waals surface area contributed by atoms with E-state index in [0.29, 0.717) is 5.56 Å². The second kappa shape index (κ2) is 7.35. The van der Waals surface area contributed by atoms with Gasteiger partial charge in [0.2, 0.25) is 5.91 Å². The molecule has 8 heteroatoms. The molecule has 0 aromatic heterocycles.